The average molecular weight is 627 g/mol. The van der Waals surface area contributed by atoms with E-state index < -0.39 is 120 Å². The van der Waals surface area contributed by atoms with Crippen LogP contribution >= 0.6 is 0 Å². The summed E-state index contributed by atoms with van der Waals surface area (Å²) < 4.78 is 27.8. The molecule has 2 saturated heterocycles. The van der Waals surface area contributed by atoms with Gasteiger partial charge in [0.2, 0.25) is 23.8 Å². The van der Waals surface area contributed by atoms with Crippen LogP contribution in [0.4, 0.5) is 0 Å². The van der Waals surface area contributed by atoms with Gasteiger partial charge < -0.3 is 79.5 Å². The molecule has 2 fully saturated rings. The van der Waals surface area contributed by atoms with Crippen LogP contribution in [-0.4, -0.2) is 131 Å². The highest BCUT2D eigenvalue weighted by Crippen LogP contribution is 2.40. The smallest absolute Gasteiger partial charge is 0.239 e. The molecule has 44 heavy (non-hydrogen) atoms. The molecule has 0 aliphatic carbocycles. The summed E-state index contributed by atoms with van der Waals surface area (Å²) in [5.74, 6) is -3.37. The monoisotopic (exact) mass is 626 g/mol. The molecule has 0 radical (unpaired) electrons. The van der Waals surface area contributed by atoms with E-state index in [4.69, 9.17) is 23.4 Å². The summed E-state index contributed by atoms with van der Waals surface area (Å²) >= 11 is 0. The summed E-state index contributed by atoms with van der Waals surface area (Å²) in [7, 11) is 0. The molecule has 3 heterocycles. The van der Waals surface area contributed by atoms with Gasteiger partial charge in [-0.1, -0.05) is 0 Å². The number of aliphatic hydroxyl groups excluding tert-OH is 8. The van der Waals surface area contributed by atoms with Gasteiger partial charge in [-0.2, -0.15) is 0 Å². The predicted octanol–water partition coefficient (Wildman–Crippen LogP) is -3.07. The molecule has 1 aromatic heterocycles. The molecule has 3 aromatic rings. The van der Waals surface area contributed by atoms with Gasteiger partial charge in [-0.3, -0.25) is 4.79 Å². The van der Waals surface area contributed by atoms with Gasteiger partial charge in [0.15, 0.2) is 17.3 Å². The highest BCUT2D eigenvalue weighted by Gasteiger charge is 2.46. The largest absolute Gasteiger partial charge is 0.508 e. The fourth-order valence-corrected chi connectivity index (χ4v) is 4.88. The molecule has 0 spiro atoms. The summed E-state index contributed by atoms with van der Waals surface area (Å²) in [6.45, 7) is -1.60. The number of aliphatic hydroxyl groups is 8. The third kappa shape index (κ3) is 5.61. The lowest BCUT2D eigenvalue weighted by atomic mass is 9.99. The molecule has 2 aliphatic heterocycles. The molecule has 0 saturated carbocycles. The molecular formula is C27H30O17. The highest BCUT2D eigenvalue weighted by atomic mass is 16.7. The number of rotatable bonds is 7. The van der Waals surface area contributed by atoms with Crippen LogP contribution in [0.2, 0.25) is 0 Å². The molecule has 17 heteroatoms. The molecule has 5 rings (SSSR count). The maximum atomic E-state index is 14.1. The Morgan fingerprint density at radius 1 is 0.682 bits per heavy atom. The van der Waals surface area contributed by atoms with E-state index in [2.05, 4.69) is 0 Å². The van der Waals surface area contributed by atoms with Crippen LogP contribution in [0.25, 0.3) is 22.3 Å². The minimum absolute atomic E-state index is 0.0707. The summed E-state index contributed by atoms with van der Waals surface area (Å²) in [4.78, 5) is 14.1. The van der Waals surface area contributed by atoms with E-state index in [1.807, 2.05) is 0 Å². The second kappa shape index (κ2) is 12.3. The van der Waals surface area contributed by atoms with Gasteiger partial charge in [0, 0.05) is 17.7 Å². The van der Waals surface area contributed by atoms with Crippen LogP contribution < -0.4 is 14.9 Å². The van der Waals surface area contributed by atoms with Crippen molar-refractivity contribution in [3.05, 3.63) is 40.6 Å². The van der Waals surface area contributed by atoms with Crippen molar-refractivity contribution in [2.24, 2.45) is 0 Å². The minimum Gasteiger partial charge on any atom is -0.508 e. The van der Waals surface area contributed by atoms with E-state index in [0.29, 0.717) is 0 Å². The predicted molar refractivity (Wildman–Crippen MR) is 142 cm³/mol. The lowest BCUT2D eigenvalue weighted by Gasteiger charge is -2.39. The summed E-state index contributed by atoms with van der Waals surface area (Å²) in [6.07, 6.45) is -17.5. The van der Waals surface area contributed by atoms with Crippen LogP contribution in [0.1, 0.15) is 0 Å². The Labute approximate surface area is 246 Å². The Morgan fingerprint density at radius 2 is 1.25 bits per heavy atom. The Morgan fingerprint density at radius 3 is 1.80 bits per heavy atom. The van der Waals surface area contributed by atoms with Crippen molar-refractivity contribution in [1.82, 2.24) is 0 Å². The lowest BCUT2D eigenvalue weighted by molar-refractivity contribution is -0.277. The molecule has 10 atom stereocenters. The molecular weight excluding hydrogens is 596 g/mol. The van der Waals surface area contributed by atoms with E-state index in [1.54, 1.807) is 0 Å². The van der Waals surface area contributed by atoms with E-state index in [-0.39, 0.29) is 11.1 Å². The summed E-state index contributed by atoms with van der Waals surface area (Å²) in [5, 5.41) is 110. The Bertz CT molecular complexity index is 1550. The maximum Gasteiger partial charge on any atom is 0.239 e. The second-order valence-electron chi connectivity index (χ2n) is 10.2. The van der Waals surface area contributed by atoms with Crippen molar-refractivity contribution in [3.63, 3.8) is 0 Å². The van der Waals surface area contributed by atoms with E-state index in [0.717, 1.165) is 24.3 Å². The average Bonchev–Trinajstić information content (AvgIpc) is 2.99. The molecule has 240 valence electrons. The first kappa shape index (κ1) is 31.7. The van der Waals surface area contributed by atoms with Gasteiger partial charge in [-0.05, 0) is 18.2 Å². The fraction of sp³-hybridized carbons (Fsp3) is 0.444. The second-order valence-corrected chi connectivity index (χ2v) is 10.2. The van der Waals surface area contributed by atoms with Crippen molar-refractivity contribution < 1.29 is 79.5 Å². The number of hydrogen-bond acceptors (Lipinski definition) is 17. The third-order valence-corrected chi connectivity index (χ3v) is 7.31. The van der Waals surface area contributed by atoms with Crippen molar-refractivity contribution in [2.75, 3.05) is 13.2 Å². The Hall–Kier alpha value is -3.75. The number of ether oxygens (including phenoxy) is 4. The molecule has 17 nitrogen and oxygen atoms in total. The van der Waals surface area contributed by atoms with Crippen LogP contribution in [-0.2, 0) is 9.47 Å². The first-order valence-electron chi connectivity index (χ1n) is 13.2. The molecule has 11 N–H and O–H groups in total. The quantitative estimate of drug-likeness (QED) is 0.116. The number of hydrogen-bond donors (Lipinski definition) is 11. The molecule has 2 aromatic carbocycles. The number of phenolic OH excluding ortho intramolecular Hbond substituents is 3. The van der Waals surface area contributed by atoms with Crippen molar-refractivity contribution in [2.45, 2.75) is 61.4 Å². The molecule has 0 amide bonds. The lowest BCUT2D eigenvalue weighted by Crippen LogP contribution is -2.60. The number of aromatic hydroxyl groups is 3. The molecule has 0 bridgehead atoms. The number of fused-ring (bicyclic) bond motifs is 1. The van der Waals surface area contributed by atoms with Gasteiger partial charge in [0.05, 0.1) is 13.2 Å². The van der Waals surface area contributed by atoms with E-state index in [1.165, 1.54) is 6.07 Å². The Kier molecular flexibility index (Phi) is 8.87. The van der Waals surface area contributed by atoms with Gasteiger partial charge in [-0.25, -0.2) is 0 Å². The van der Waals surface area contributed by atoms with Gasteiger partial charge in [0.25, 0.3) is 0 Å². The molecule has 4 unspecified atom stereocenters. The first-order chi connectivity index (χ1) is 20.9. The van der Waals surface area contributed by atoms with Crippen molar-refractivity contribution in [1.29, 1.82) is 0 Å². The van der Waals surface area contributed by atoms with Gasteiger partial charge in [0.1, 0.15) is 71.3 Å². The van der Waals surface area contributed by atoms with E-state index in [9.17, 15) is 61.0 Å². The van der Waals surface area contributed by atoms with Gasteiger partial charge >= 0.3 is 0 Å². The maximum absolute atomic E-state index is 14.1. The number of benzene rings is 2. The summed E-state index contributed by atoms with van der Waals surface area (Å²) in [6, 6.07) is 5.19. The number of phenols is 3. The molecule has 2 aliphatic rings. The SMILES string of the molecule is O=c1c(OC2O[C@H](CO)[C@@H](O)[C@H](O)[C@H]2O)c(-c2ccc(O)c(O)c2)oc2cc(O)cc(OC3O[C@H](CO)C(O)[C@H](O)C3O)c12. The standard InChI is InChI=1S/C27H30O17/c28-6-14-17(33)20(36)22(38)26(42-14)41-13-5-9(30)4-12-16(13)19(35)25(24(40-12)8-1-2-10(31)11(32)3-8)44-27-23(39)21(37)18(34)15(7-29)43-27/h1-5,14-15,17-18,20-23,26-34,36-39H,6-7H2/t14-,15-,17?,18-,20+,21+,22?,23-,26?,27?/m1/s1. The van der Waals surface area contributed by atoms with Crippen LogP contribution in [0.5, 0.6) is 28.7 Å². The van der Waals surface area contributed by atoms with Gasteiger partial charge in [-0.15, -0.1) is 0 Å². The zero-order valence-corrected chi connectivity index (χ0v) is 22.4. The summed E-state index contributed by atoms with van der Waals surface area (Å²) in [5.41, 5.74) is -1.51. The fourth-order valence-electron chi connectivity index (χ4n) is 4.88. The van der Waals surface area contributed by atoms with Crippen molar-refractivity contribution >= 4 is 11.0 Å². The van der Waals surface area contributed by atoms with Crippen molar-refractivity contribution in [3.8, 4) is 40.1 Å². The van der Waals surface area contributed by atoms with Crippen LogP contribution in [0.15, 0.2) is 39.5 Å². The van der Waals surface area contributed by atoms with Crippen LogP contribution in [0, 0.1) is 0 Å². The van der Waals surface area contributed by atoms with Crippen LogP contribution in [0.3, 0.4) is 0 Å². The third-order valence-electron chi connectivity index (χ3n) is 7.31. The highest BCUT2D eigenvalue weighted by molar-refractivity contribution is 5.88. The zero-order chi connectivity index (χ0) is 32.0. The minimum atomic E-state index is -1.96. The topological polar surface area (TPSA) is 290 Å². The Balaban J connectivity index is 1.66. The van der Waals surface area contributed by atoms with E-state index >= 15 is 0 Å². The first-order valence-corrected chi connectivity index (χ1v) is 13.2. The normalized spacial score (nSPS) is 32.5. The zero-order valence-electron chi connectivity index (χ0n) is 22.4.